The van der Waals surface area contributed by atoms with E-state index in [0.717, 1.165) is 16.4 Å². The fourth-order valence-corrected chi connectivity index (χ4v) is 4.70. The monoisotopic (exact) mass is 477 g/mol. The van der Waals surface area contributed by atoms with Crippen LogP contribution in [0.25, 0.3) is 0 Å². The average Bonchev–Trinajstić information content (AvgIpc) is 2.75. The number of piperidine rings is 1. The van der Waals surface area contributed by atoms with Gasteiger partial charge in [0, 0.05) is 19.6 Å². The molecule has 0 radical (unpaired) electrons. The molecule has 2 N–H and O–H groups in total. The van der Waals surface area contributed by atoms with Gasteiger partial charge in [0.2, 0.25) is 10.0 Å². The highest BCUT2D eigenvalue weighted by molar-refractivity contribution is 7.89. The number of nitrogens with one attached hydrogen (secondary N) is 2. The van der Waals surface area contributed by atoms with Gasteiger partial charge in [-0.2, -0.15) is 17.5 Å². The minimum Gasteiger partial charge on any atom is -0.455 e. The number of benzene rings is 1. The lowest BCUT2D eigenvalue weighted by Crippen LogP contribution is -2.43. The summed E-state index contributed by atoms with van der Waals surface area (Å²) in [6, 6.07) is 3.10. The molecule has 1 aromatic carbocycles. The van der Waals surface area contributed by atoms with Crippen LogP contribution >= 0.6 is 0 Å². The summed E-state index contributed by atoms with van der Waals surface area (Å²) in [5.41, 5.74) is -1.26. The van der Waals surface area contributed by atoms with Crippen LogP contribution in [0.3, 0.4) is 0 Å². The zero-order valence-corrected chi connectivity index (χ0v) is 17.7. The van der Waals surface area contributed by atoms with Crippen molar-refractivity contribution in [3.05, 3.63) is 42.5 Å². The summed E-state index contributed by atoms with van der Waals surface area (Å²) in [5.74, 6) is -2.36. The Bertz CT molecular complexity index is 973. The van der Waals surface area contributed by atoms with E-state index in [1.807, 2.05) is 5.32 Å². The number of halogens is 3. The first-order valence-electron chi connectivity index (χ1n) is 9.48. The van der Waals surface area contributed by atoms with Gasteiger partial charge in [0.1, 0.15) is 0 Å². The second-order valence-electron chi connectivity index (χ2n) is 6.83. The third-order valence-corrected chi connectivity index (χ3v) is 6.56. The highest BCUT2D eigenvalue weighted by Gasteiger charge is 2.40. The van der Waals surface area contributed by atoms with E-state index in [0.29, 0.717) is 6.07 Å². The van der Waals surface area contributed by atoms with Crippen LogP contribution in [0.4, 0.5) is 18.0 Å². The quantitative estimate of drug-likeness (QED) is 0.455. The van der Waals surface area contributed by atoms with Gasteiger partial charge in [-0.1, -0.05) is 18.2 Å². The lowest BCUT2D eigenvalue weighted by atomic mass is 9.98. The number of imide groups is 1. The number of ether oxygens (including phenoxy) is 1. The Morgan fingerprint density at radius 1 is 1.19 bits per heavy atom. The van der Waals surface area contributed by atoms with Crippen LogP contribution in [0.15, 0.2) is 41.8 Å². The van der Waals surface area contributed by atoms with Gasteiger partial charge in [-0.25, -0.2) is 13.2 Å². The SMILES string of the molecule is C=CCNC(=O)NC(=O)COC(=O)C1CCN(S(=O)(=O)c2ccccc2C(F)(F)F)CC1. The molecule has 0 bridgehead atoms. The molecule has 1 aliphatic heterocycles. The fourth-order valence-electron chi connectivity index (χ4n) is 3.02. The topological polar surface area (TPSA) is 122 Å². The smallest absolute Gasteiger partial charge is 0.417 e. The average molecular weight is 477 g/mol. The van der Waals surface area contributed by atoms with Crippen molar-refractivity contribution in [1.82, 2.24) is 14.9 Å². The minimum atomic E-state index is -4.84. The maximum absolute atomic E-state index is 13.2. The molecule has 13 heteroatoms. The molecule has 0 aromatic heterocycles. The van der Waals surface area contributed by atoms with Crippen molar-refractivity contribution in [3.63, 3.8) is 0 Å². The molecule has 1 fully saturated rings. The predicted octanol–water partition coefficient (Wildman–Crippen LogP) is 1.66. The number of alkyl halides is 3. The zero-order valence-electron chi connectivity index (χ0n) is 16.9. The van der Waals surface area contributed by atoms with E-state index >= 15 is 0 Å². The van der Waals surface area contributed by atoms with E-state index in [1.165, 1.54) is 12.1 Å². The number of hydrogen-bond acceptors (Lipinski definition) is 6. The summed E-state index contributed by atoms with van der Waals surface area (Å²) >= 11 is 0. The van der Waals surface area contributed by atoms with E-state index in [9.17, 15) is 36.0 Å². The summed E-state index contributed by atoms with van der Waals surface area (Å²) in [7, 11) is -4.43. The molecule has 32 heavy (non-hydrogen) atoms. The van der Waals surface area contributed by atoms with Crippen molar-refractivity contribution in [2.45, 2.75) is 23.9 Å². The van der Waals surface area contributed by atoms with E-state index in [-0.39, 0.29) is 32.5 Å². The number of rotatable bonds is 7. The van der Waals surface area contributed by atoms with Crippen LogP contribution in [0.2, 0.25) is 0 Å². The van der Waals surface area contributed by atoms with Gasteiger partial charge in [-0.05, 0) is 25.0 Å². The van der Waals surface area contributed by atoms with Crippen molar-refractivity contribution in [2.24, 2.45) is 5.92 Å². The summed E-state index contributed by atoms with van der Waals surface area (Å²) < 4.78 is 70.8. The number of sulfonamides is 1. The van der Waals surface area contributed by atoms with Gasteiger partial charge in [-0.15, -0.1) is 6.58 Å². The van der Waals surface area contributed by atoms with Crippen LogP contribution in [-0.4, -0.2) is 56.9 Å². The summed E-state index contributed by atoms with van der Waals surface area (Å²) in [6.07, 6.45) is -3.42. The van der Waals surface area contributed by atoms with Crippen molar-refractivity contribution in [1.29, 1.82) is 0 Å². The first-order chi connectivity index (χ1) is 15.0. The lowest BCUT2D eigenvalue weighted by molar-refractivity contribution is -0.153. The normalized spacial score (nSPS) is 15.6. The van der Waals surface area contributed by atoms with Gasteiger partial charge >= 0.3 is 18.2 Å². The van der Waals surface area contributed by atoms with E-state index in [1.54, 1.807) is 0 Å². The summed E-state index contributed by atoms with van der Waals surface area (Å²) in [6.45, 7) is 2.43. The third kappa shape index (κ3) is 6.53. The molecule has 1 saturated heterocycles. The van der Waals surface area contributed by atoms with Crippen molar-refractivity contribution in [3.8, 4) is 0 Å². The largest absolute Gasteiger partial charge is 0.455 e. The molecular formula is C19H22F3N3O6S. The second-order valence-corrected chi connectivity index (χ2v) is 8.73. The molecule has 0 unspecified atom stereocenters. The van der Waals surface area contributed by atoms with Crippen LogP contribution in [0.1, 0.15) is 18.4 Å². The van der Waals surface area contributed by atoms with Gasteiger partial charge < -0.3 is 10.1 Å². The number of carbonyl (C=O) groups excluding carboxylic acids is 3. The van der Waals surface area contributed by atoms with Gasteiger partial charge in [-0.3, -0.25) is 14.9 Å². The molecule has 2 rings (SSSR count). The van der Waals surface area contributed by atoms with Crippen molar-refractivity contribution in [2.75, 3.05) is 26.2 Å². The highest BCUT2D eigenvalue weighted by Crippen LogP contribution is 2.36. The van der Waals surface area contributed by atoms with E-state index in [2.05, 4.69) is 11.9 Å². The van der Waals surface area contributed by atoms with Crippen LogP contribution < -0.4 is 10.6 Å². The molecule has 176 valence electrons. The standard InChI is InChI=1S/C19H22F3N3O6S/c1-2-9-23-18(28)24-16(26)12-31-17(27)13-7-10-25(11-8-13)32(29,30)15-6-4-3-5-14(15)19(20,21)22/h2-6,13H,1,7-12H2,(H2,23,24,26,28). The fraction of sp³-hybridized carbons (Fsp3) is 0.421. The van der Waals surface area contributed by atoms with E-state index in [4.69, 9.17) is 4.74 Å². The van der Waals surface area contributed by atoms with Crippen LogP contribution in [0, 0.1) is 5.92 Å². The molecular weight excluding hydrogens is 455 g/mol. The summed E-state index contributed by atoms with van der Waals surface area (Å²) in [4.78, 5) is 34.2. The Morgan fingerprint density at radius 3 is 2.41 bits per heavy atom. The first-order valence-corrected chi connectivity index (χ1v) is 10.9. The third-order valence-electron chi connectivity index (χ3n) is 4.60. The molecule has 0 aliphatic carbocycles. The van der Waals surface area contributed by atoms with Crippen LogP contribution in [0.5, 0.6) is 0 Å². The van der Waals surface area contributed by atoms with E-state index < -0.39 is 57.1 Å². The zero-order chi connectivity index (χ0) is 23.9. The molecule has 9 nitrogen and oxygen atoms in total. The predicted molar refractivity (Wildman–Crippen MR) is 106 cm³/mol. The Balaban J connectivity index is 1.92. The number of urea groups is 1. The molecule has 1 aromatic rings. The van der Waals surface area contributed by atoms with Crippen molar-refractivity contribution < 1.29 is 40.7 Å². The molecule has 3 amide bonds. The molecule has 1 aliphatic rings. The Kier molecular flexibility index (Phi) is 8.38. The molecule has 0 saturated carbocycles. The van der Waals surface area contributed by atoms with Gasteiger partial charge in [0.25, 0.3) is 5.91 Å². The number of amides is 3. The van der Waals surface area contributed by atoms with Crippen molar-refractivity contribution >= 4 is 27.9 Å². The Hall–Kier alpha value is -2.93. The first kappa shape index (κ1) is 25.3. The number of esters is 1. The Morgan fingerprint density at radius 2 is 1.81 bits per heavy atom. The lowest BCUT2D eigenvalue weighted by Gasteiger charge is -2.30. The maximum atomic E-state index is 13.2. The maximum Gasteiger partial charge on any atom is 0.417 e. The summed E-state index contributed by atoms with van der Waals surface area (Å²) in [5, 5.41) is 4.24. The Labute approximate surface area is 182 Å². The van der Waals surface area contributed by atoms with Gasteiger partial charge in [0.05, 0.1) is 16.4 Å². The highest BCUT2D eigenvalue weighted by atomic mass is 32.2. The minimum absolute atomic E-state index is 0.00763. The molecule has 1 heterocycles. The molecule has 0 spiro atoms. The number of hydrogen-bond donors (Lipinski definition) is 2. The van der Waals surface area contributed by atoms with Gasteiger partial charge in [0.15, 0.2) is 6.61 Å². The second kappa shape index (κ2) is 10.6. The number of nitrogens with zero attached hydrogens (tertiary/aromatic N) is 1. The van der Waals surface area contributed by atoms with Crippen LogP contribution in [-0.2, 0) is 30.5 Å². The number of carbonyl (C=O) groups is 3. The molecule has 0 atom stereocenters.